The Kier molecular flexibility index (Phi) is 13.2. The SMILES string of the molecule is CNC(CCC(=O)NC(CCC(=O)CN)C(=O)NC(CCC(=O)C=N)C(=O)O)C(=O)O. The predicted octanol–water partition coefficient (Wildman–Crippen LogP) is -2.20. The van der Waals surface area contributed by atoms with Crippen LogP contribution in [0.25, 0.3) is 0 Å². The molecule has 0 saturated heterocycles. The molecular weight excluding hydrogens is 414 g/mol. The van der Waals surface area contributed by atoms with Crippen molar-refractivity contribution in [2.75, 3.05) is 13.6 Å². The molecule has 0 aliphatic rings. The number of Topliss-reactive ketones (excluding diaryl/α,β-unsaturated/α-hetero) is 2. The van der Waals surface area contributed by atoms with Gasteiger partial charge in [-0.15, -0.1) is 0 Å². The molecule has 0 saturated carbocycles. The molecule has 0 aromatic rings. The van der Waals surface area contributed by atoms with E-state index in [1.807, 2.05) is 0 Å². The number of carboxylic acid groups (broad SMARTS) is 2. The van der Waals surface area contributed by atoms with Crippen LogP contribution in [0.3, 0.4) is 0 Å². The second kappa shape index (κ2) is 14.7. The third-order valence-electron chi connectivity index (χ3n) is 4.35. The van der Waals surface area contributed by atoms with Gasteiger partial charge in [-0.1, -0.05) is 0 Å². The van der Waals surface area contributed by atoms with E-state index >= 15 is 0 Å². The van der Waals surface area contributed by atoms with Crippen LogP contribution in [0.5, 0.6) is 0 Å². The van der Waals surface area contributed by atoms with E-state index in [1.54, 1.807) is 0 Å². The smallest absolute Gasteiger partial charge is 0.326 e. The Hall–Kier alpha value is -3.19. The molecule has 8 N–H and O–H groups in total. The average Bonchev–Trinajstić information content (AvgIpc) is 2.72. The van der Waals surface area contributed by atoms with Crippen molar-refractivity contribution in [2.24, 2.45) is 5.73 Å². The summed E-state index contributed by atoms with van der Waals surface area (Å²) in [6.07, 6.45) is -0.581. The highest BCUT2D eigenvalue weighted by atomic mass is 16.4. The third kappa shape index (κ3) is 11.5. The quantitative estimate of drug-likeness (QED) is 0.120. The standard InChI is InChI=1S/C18H29N5O8/c1-21-13(17(28)29)6-7-15(26)22-12(4-2-10(24)8-19)16(27)23-14(18(30)31)5-3-11(25)9-20/h9,12-14,20-21H,2-8,19H2,1H3,(H,22,26)(H,23,27)(H,28,29)(H,30,31). The second-order valence-electron chi connectivity index (χ2n) is 6.67. The van der Waals surface area contributed by atoms with Crippen LogP contribution < -0.4 is 21.7 Å². The number of nitrogens with two attached hydrogens (primary N) is 1. The first-order valence-electron chi connectivity index (χ1n) is 9.53. The minimum Gasteiger partial charge on any atom is -0.480 e. The van der Waals surface area contributed by atoms with Gasteiger partial charge in [0.1, 0.15) is 23.9 Å². The van der Waals surface area contributed by atoms with E-state index in [1.165, 1.54) is 7.05 Å². The highest BCUT2D eigenvalue weighted by Gasteiger charge is 2.27. The molecule has 0 aliphatic heterocycles. The van der Waals surface area contributed by atoms with Gasteiger partial charge in [0.05, 0.1) is 12.8 Å². The zero-order valence-corrected chi connectivity index (χ0v) is 17.2. The molecule has 0 aliphatic carbocycles. The molecule has 0 aromatic carbocycles. The third-order valence-corrected chi connectivity index (χ3v) is 4.35. The molecule has 3 unspecified atom stereocenters. The lowest BCUT2D eigenvalue weighted by Crippen LogP contribution is -2.52. The largest absolute Gasteiger partial charge is 0.480 e. The number of amides is 2. The maximum atomic E-state index is 12.5. The van der Waals surface area contributed by atoms with Crippen molar-refractivity contribution in [1.29, 1.82) is 5.41 Å². The summed E-state index contributed by atoms with van der Waals surface area (Å²) in [5.41, 5.74) is 5.23. The number of carbonyl (C=O) groups is 6. The monoisotopic (exact) mass is 443 g/mol. The highest BCUT2D eigenvalue weighted by molar-refractivity contribution is 6.26. The van der Waals surface area contributed by atoms with Gasteiger partial charge in [-0.25, -0.2) is 4.79 Å². The van der Waals surface area contributed by atoms with Crippen LogP contribution >= 0.6 is 0 Å². The van der Waals surface area contributed by atoms with Crippen molar-refractivity contribution in [2.45, 2.75) is 56.7 Å². The highest BCUT2D eigenvalue weighted by Crippen LogP contribution is 2.05. The molecule has 0 heterocycles. The first kappa shape index (κ1) is 27.8. The normalized spacial score (nSPS) is 13.4. The van der Waals surface area contributed by atoms with E-state index < -0.39 is 47.7 Å². The van der Waals surface area contributed by atoms with Crippen molar-refractivity contribution < 1.29 is 39.0 Å². The summed E-state index contributed by atoms with van der Waals surface area (Å²) >= 11 is 0. The van der Waals surface area contributed by atoms with E-state index in [0.717, 1.165) is 0 Å². The molecule has 0 rings (SSSR count). The van der Waals surface area contributed by atoms with Crippen LogP contribution in [0.1, 0.15) is 38.5 Å². The summed E-state index contributed by atoms with van der Waals surface area (Å²) in [6.45, 7) is -0.270. The first-order valence-corrected chi connectivity index (χ1v) is 9.53. The van der Waals surface area contributed by atoms with E-state index in [9.17, 15) is 33.9 Å². The fourth-order valence-electron chi connectivity index (χ4n) is 2.50. The molecule has 31 heavy (non-hydrogen) atoms. The first-order chi connectivity index (χ1) is 14.5. The van der Waals surface area contributed by atoms with E-state index in [0.29, 0.717) is 6.21 Å². The number of carboxylic acids is 2. The Labute approximate surface area is 178 Å². The summed E-state index contributed by atoms with van der Waals surface area (Å²) in [5, 5.41) is 32.2. The Morgan fingerprint density at radius 1 is 0.871 bits per heavy atom. The Morgan fingerprint density at radius 3 is 1.90 bits per heavy atom. The molecule has 13 heteroatoms. The molecule has 0 radical (unpaired) electrons. The molecule has 174 valence electrons. The van der Waals surface area contributed by atoms with Crippen LogP contribution in [-0.4, -0.2) is 83.5 Å². The van der Waals surface area contributed by atoms with Crippen molar-refractivity contribution in [1.82, 2.24) is 16.0 Å². The number of hydrogen-bond donors (Lipinski definition) is 7. The molecule has 0 aromatic heterocycles. The Bertz CT molecular complexity index is 696. The lowest BCUT2D eigenvalue weighted by Gasteiger charge is -2.21. The zero-order chi connectivity index (χ0) is 24.0. The number of aliphatic carboxylic acids is 2. The molecule has 0 bridgehead atoms. The van der Waals surface area contributed by atoms with Crippen LogP contribution in [0.4, 0.5) is 0 Å². The van der Waals surface area contributed by atoms with Crippen molar-refractivity contribution in [3.8, 4) is 0 Å². The number of likely N-dealkylation sites (N-methyl/N-ethyl adjacent to an activating group) is 1. The van der Waals surface area contributed by atoms with Gasteiger partial charge in [0.15, 0.2) is 5.78 Å². The number of carbonyl (C=O) groups excluding carboxylic acids is 4. The minimum absolute atomic E-state index is 0.0583. The summed E-state index contributed by atoms with van der Waals surface area (Å²) in [6, 6.07) is -3.68. The van der Waals surface area contributed by atoms with Gasteiger partial charge in [0.2, 0.25) is 11.8 Å². The summed E-state index contributed by atoms with van der Waals surface area (Å²) in [7, 11) is 1.42. The van der Waals surface area contributed by atoms with Gasteiger partial charge in [-0.2, -0.15) is 0 Å². The van der Waals surface area contributed by atoms with Gasteiger partial charge in [0.25, 0.3) is 0 Å². The maximum Gasteiger partial charge on any atom is 0.326 e. The fourth-order valence-corrected chi connectivity index (χ4v) is 2.50. The van der Waals surface area contributed by atoms with Gasteiger partial charge < -0.3 is 37.3 Å². The summed E-state index contributed by atoms with van der Waals surface area (Å²) in [5.74, 6) is -5.09. The van der Waals surface area contributed by atoms with E-state index in [2.05, 4.69) is 16.0 Å². The number of rotatable bonds is 17. The summed E-state index contributed by atoms with van der Waals surface area (Å²) < 4.78 is 0. The summed E-state index contributed by atoms with van der Waals surface area (Å²) in [4.78, 5) is 69.8. The number of ketones is 2. The van der Waals surface area contributed by atoms with Crippen LogP contribution in [0.15, 0.2) is 0 Å². The van der Waals surface area contributed by atoms with Crippen molar-refractivity contribution in [3.63, 3.8) is 0 Å². The van der Waals surface area contributed by atoms with Crippen LogP contribution in [0.2, 0.25) is 0 Å². The molecule has 2 amide bonds. The maximum absolute atomic E-state index is 12.5. The van der Waals surface area contributed by atoms with Crippen LogP contribution in [-0.2, 0) is 28.8 Å². The molecule has 3 atom stereocenters. The fraction of sp³-hybridized carbons (Fsp3) is 0.611. The Morgan fingerprint density at radius 2 is 1.42 bits per heavy atom. The lowest BCUT2D eigenvalue weighted by molar-refractivity contribution is -0.142. The average molecular weight is 443 g/mol. The van der Waals surface area contributed by atoms with E-state index in [4.69, 9.17) is 16.2 Å². The number of nitrogens with one attached hydrogen (secondary N) is 4. The van der Waals surface area contributed by atoms with Gasteiger partial charge in [0, 0.05) is 19.3 Å². The van der Waals surface area contributed by atoms with E-state index in [-0.39, 0.29) is 50.9 Å². The molecular formula is C18H29N5O8. The second-order valence-corrected chi connectivity index (χ2v) is 6.67. The molecule has 0 spiro atoms. The minimum atomic E-state index is -1.44. The molecule has 13 nitrogen and oxygen atoms in total. The van der Waals surface area contributed by atoms with Gasteiger partial charge in [-0.3, -0.25) is 24.0 Å². The van der Waals surface area contributed by atoms with Gasteiger partial charge in [-0.05, 0) is 26.3 Å². The predicted molar refractivity (Wildman–Crippen MR) is 108 cm³/mol. The topological polar surface area (TPSA) is 229 Å². The number of hydrogen-bond acceptors (Lipinski definition) is 9. The zero-order valence-electron chi connectivity index (χ0n) is 17.2. The Balaban J connectivity index is 5.15. The van der Waals surface area contributed by atoms with Gasteiger partial charge >= 0.3 is 11.9 Å². The van der Waals surface area contributed by atoms with Crippen LogP contribution in [0, 0.1) is 5.41 Å². The van der Waals surface area contributed by atoms with Crippen molar-refractivity contribution >= 4 is 41.5 Å². The van der Waals surface area contributed by atoms with Crippen molar-refractivity contribution in [3.05, 3.63) is 0 Å². The lowest BCUT2D eigenvalue weighted by atomic mass is 10.0. The molecule has 0 fully saturated rings.